The van der Waals surface area contributed by atoms with Crippen molar-refractivity contribution >= 4 is 11.9 Å². The number of allylic oxidation sites excluding steroid dienone is 2. The molecule has 0 bridgehead atoms. The van der Waals surface area contributed by atoms with Crippen LogP contribution in [-0.2, 0) is 15.9 Å². The first-order chi connectivity index (χ1) is 9.58. The summed E-state index contributed by atoms with van der Waals surface area (Å²) in [6.07, 6.45) is 3.10. The van der Waals surface area contributed by atoms with Crippen molar-refractivity contribution in [1.82, 2.24) is 0 Å². The van der Waals surface area contributed by atoms with Gasteiger partial charge in [-0.3, -0.25) is 0 Å². The molecule has 0 fully saturated rings. The van der Waals surface area contributed by atoms with Gasteiger partial charge < -0.3 is 9.47 Å². The van der Waals surface area contributed by atoms with Crippen LogP contribution in [0.3, 0.4) is 0 Å². The van der Waals surface area contributed by atoms with Gasteiger partial charge in [0.2, 0.25) is 0 Å². The first kappa shape index (κ1) is 14.4. The Morgan fingerprint density at radius 2 is 2.00 bits per heavy atom. The van der Waals surface area contributed by atoms with Crippen LogP contribution in [0.5, 0.6) is 0 Å². The first-order valence-electron chi connectivity index (χ1n) is 6.84. The van der Waals surface area contributed by atoms with E-state index in [9.17, 15) is 4.79 Å². The molecule has 0 saturated carbocycles. The molecule has 0 unspecified atom stereocenters. The highest BCUT2D eigenvalue weighted by atomic mass is 16.7. The Bertz CT molecular complexity index is 563. The van der Waals surface area contributed by atoms with Crippen LogP contribution < -0.4 is 0 Å². The van der Waals surface area contributed by atoms with Gasteiger partial charge in [0.15, 0.2) is 0 Å². The molecule has 0 heterocycles. The molecule has 0 atom stereocenters. The van der Waals surface area contributed by atoms with E-state index in [0.717, 1.165) is 29.6 Å². The summed E-state index contributed by atoms with van der Waals surface area (Å²) in [6.45, 7) is 6.15. The van der Waals surface area contributed by atoms with Crippen LogP contribution in [0.2, 0.25) is 0 Å². The molecule has 0 aliphatic heterocycles. The Balaban J connectivity index is 2.08. The number of carbonyl (C=O) groups excluding carboxylic acids is 1. The lowest BCUT2D eigenvalue weighted by Crippen LogP contribution is -2.12. The second kappa shape index (κ2) is 6.42. The van der Waals surface area contributed by atoms with E-state index in [1.165, 1.54) is 5.56 Å². The van der Waals surface area contributed by atoms with Gasteiger partial charge in [0.25, 0.3) is 0 Å². The lowest BCUT2D eigenvalue weighted by molar-refractivity contribution is 0.0997. The number of carbonyl (C=O) groups is 1. The fraction of sp³-hybridized carbons (Fsp3) is 0.353. The highest BCUT2D eigenvalue weighted by Crippen LogP contribution is 2.31. The van der Waals surface area contributed by atoms with Crippen LogP contribution in [0.1, 0.15) is 38.3 Å². The standard InChI is InChI=1S/C17H20O3/c1-12(2)10-11-19-17(18)20-16-13(3)8-9-14-6-4-5-7-15(14)16/h4-7,10H,8-9,11H2,1-3H3. The number of fused-ring (bicyclic) bond motifs is 1. The van der Waals surface area contributed by atoms with Gasteiger partial charge in [0.05, 0.1) is 0 Å². The lowest BCUT2D eigenvalue weighted by Gasteiger charge is -2.20. The Morgan fingerprint density at radius 1 is 1.25 bits per heavy atom. The monoisotopic (exact) mass is 272 g/mol. The maximum absolute atomic E-state index is 11.7. The number of hydrogen-bond acceptors (Lipinski definition) is 3. The van der Waals surface area contributed by atoms with Gasteiger partial charge in [-0.25, -0.2) is 4.79 Å². The maximum atomic E-state index is 11.7. The Morgan fingerprint density at radius 3 is 2.75 bits per heavy atom. The van der Waals surface area contributed by atoms with Gasteiger partial charge in [-0.2, -0.15) is 0 Å². The smallest absolute Gasteiger partial charge is 0.430 e. The van der Waals surface area contributed by atoms with Crippen molar-refractivity contribution < 1.29 is 14.3 Å². The van der Waals surface area contributed by atoms with Gasteiger partial charge >= 0.3 is 6.16 Å². The van der Waals surface area contributed by atoms with Crippen molar-refractivity contribution in [1.29, 1.82) is 0 Å². The molecule has 3 nitrogen and oxygen atoms in total. The van der Waals surface area contributed by atoms with Crippen LogP contribution in [0.4, 0.5) is 4.79 Å². The van der Waals surface area contributed by atoms with Gasteiger partial charge in [-0.05, 0) is 50.8 Å². The van der Waals surface area contributed by atoms with E-state index >= 15 is 0 Å². The summed E-state index contributed by atoms with van der Waals surface area (Å²) in [7, 11) is 0. The molecule has 2 rings (SSSR count). The molecule has 0 amide bonds. The van der Waals surface area contributed by atoms with Crippen LogP contribution >= 0.6 is 0 Å². The van der Waals surface area contributed by atoms with E-state index in [1.54, 1.807) is 0 Å². The summed E-state index contributed by atoms with van der Waals surface area (Å²) >= 11 is 0. The van der Waals surface area contributed by atoms with Crippen molar-refractivity contribution in [2.24, 2.45) is 0 Å². The minimum absolute atomic E-state index is 0.245. The quantitative estimate of drug-likeness (QED) is 0.601. The summed E-state index contributed by atoms with van der Waals surface area (Å²) in [4.78, 5) is 11.7. The number of hydrogen-bond donors (Lipinski definition) is 0. The predicted molar refractivity (Wildman–Crippen MR) is 79.2 cm³/mol. The molecule has 0 radical (unpaired) electrons. The number of benzene rings is 1. The van der Waals surface area contributed by atoms with Gasteiger partial charge in [-0.15, -0.1) is 0 Å². The molecule has 106 valence electrons. The molecule has 0 aromatic heterocycles. The van der Waals surface area contributed by atoms with Gasteiger partial charge in [-0.1, -0.05) is 29.8 Å². The van der Waals surface area contributed by atoms with Crippen molar-refractivity contribution in [2.45, 2.75) is 33.6 Å². The molecule has 3 heteroatoms. The largest absolute Gasteiger partial charge is 0.514 e. The van der Waals surface area contributed by atoms with E-state index < -0.39 is 6.16 Å². The summed E-state index contributed by atoms with van der Waals surface area (Å²) < 4.78 is 10.4. The number of rotatable bonds is 3. The van der Waals surface area contributed by atoms with Crippen molar-refractivity contribution in [2.75, 3.05) is 6.61 Å². The van der Waals surface area contributed by atoms with Crippen molar-refractivity contribution in [3.8, 4) is 0 Å². The van der Waals surface area contributed by atoms with Gasteiger partial charge in [0.1, 0.15) is 12.4 Å². The third kappa shape index (κ3) is 3.50. The minimum Gasteiger partial charge on any atom is -0.430 e. The highest BCUT2D eigenvalue weighted by molar-refractivity contribution is 5.76. The van der Waals surface area contributed by atoms with E-state index in [4.69, 9.17) is 9.47 Å². The first-order valence-corrected chi connectivity index (χ1v) is 6.84. The molecular weight excluding hydrogens is 252 g/mol. The summed E-state index contributed by atoms with van der Waals surface area (Å²) in [5, 5.41) is 0. The van der Waals surface area contributed by atoms with Crippen LogP contribution in [0, 0.1) is 0 Å². The van der Waals surface area contributed by atoms with Crippen LogP contribution in [0.25, 0.3) is 5.76 Å². The highest BCUT2D eigenvalue weighted by Gasteiger charge is 2.20. The average molecular weight is 272 g/mol. The molecule has 1 aliphatic carbocycles. The Hall–Kier alpha value is -2.03. The second-order valence-electron chi connectivity index (χ2n) is 5.21. The summed E-state index contributed by atoms with van der Waals surface area (Å²) in [5.41, 5.74) is 4.40. The third-order valence-corrected chi connectivity index (χ3v) is 3.30. The van der Waals surface area contributed by atoms with Crippen LogP contribution in [0.15, 0.2) is 41.5 Å². The molecule has 20 heavy (non-hydrogen) atoms. The van der Waals surface area contributed by atoms with Gasteiger partial charge in [0, 0.05) is 5.56 Å². The Kier molecular flexibility index (Phi) is 4.61. The zero-order chi connectivity index (χ0) is 14.5. The van der Waals surface area contributed by atoms with E-state index in [0.29, 0.717) is 5.76 Å². The average Bonchev–Trinajstić information content (AvgIpc) is 2.41. The summed E-state index contributed by atoms with van der Waals surface area (Å²) in [6, 6.07) is 8.01. The molecule has 1 aromatic carbocycles. The van der Waals surface area contributed by atoms with Crippen LogP contribution in [-0.4, -0.2) is 12.8 Å². The zero-order valence-corrected chi connectivity index (χ0v) is 12.2. The molecular formula is C17H20O3. The third-order valence-electron chi connectivity index (χ3n) is 3.30. The predicted octanol–water partition coefficient (Wildman–Crippen LogP) is 4.48. The SMILES string of the molecule is CC(C)=CCOC(=O)OC1=C(C)CCc2ccccc21. The van der Waals surface area contributed by atoms with E-state index in [2.05, 4.69) is 6.07 Å². The molecule has 1 aromatic rings. The van der Waals surface area contributed by atoms with E-state index in [-0.39, 0.29) is 6.61 Å². The topological polar surface area (TPSA) is 35.5 Å². The molecule has 1 aliphatic rings. The number of aryl methyl sites for hydroxylation is 1. The fourth-order valence-corrected chi connectivity index (χ4v) is 2.16. The normalized spacial score (nSPS) is 13.6. The lowest BCUT2D eigenvalue weighted by atomic mass is 9.91. The zero-order valence-electron chi connectivity index (χ0n) is 12.2. The Labute approximate surface area is 119 Å². The maximum Gasteiger partial charge on any atom is 0.514 e. The minimum atomic E-state index is -0.645. The van der Waals surface area contributed by atoms with Crippen molar-refractivity contribution in [3.05, 3.63) is 52.6 Å². The molecule has 0 saturated heterocycles. The summed E-state index contributed by atoms with van der Waals surface area (Å²) in [5.74, 6) is 0.647. The van der Waals surface area contributed by atoms with E-state index in [1.807, 2.05) is 45.0 Å². The molecule has 0 spiro atoms. The molecule has 0 N–H and O–H groups in total. The second-order valence-corrected chi connectivity index (χ2v) is 5.21. The fourth-order valence-electron chi connectivity index (χ4n) is 2.16. The van der Waals surface area contributed by atoms with Crippen molar-refractivity contribution in [3.63, 3.8) is 0 Å². The number of ether oxygens (including phenoxy) is 2.